The fraction of sp³-hybridized carbons (Fsp3) is 0.182. The zero-order chi connectivity index (χ0) is 20.5. The van der Waals surface area contributed by atoms with E-state index in [9.17, 15) is 4.79 Å². The second-order valence-corrected chi connectivity index (χ2v) is 8.52. The third kappa shape index (κ3) is 3.90. The minimum Gasteiger partial charge on any atom is -0.497 e. The van der Waals surface area contributed by atoms with Crippen molar-refractivity contribution < 1.29 is 4.74 Å². The van der Waals surface area contributed by atoms with Crippen molar-refractivity contribution in [1.29, 1.82) is 0 Å². The first-order valence-corrected chi connectivity index (χ1v) is 10.7. The van der Waals surface area contributed by atoms with E-state index in [1.54, 1.807) is 30.6 Å². The Balaban J connectivity index is 1.84. The molecule has 2 aromatic heterocycles. The molecule has 0 aliphatic carbocycles. The molecule has 2 heterocycles. The van der Waals surface area contributed by atoms with Crippen LogP contribution in [0, 0.1) is 0 Å². The zero-order valence-electron chi connectivity index (χ0n) is 15.9. The van der Waals surface area contributed by atoms with Crippen LogP contribution in [0.5, 0.6) is 5.75 Å². The molecule has 0 bridgehead atoms. The maximum atomic E-state index is 13.0. The van der Waals surface area contributed by atoms with Crippen LogP contribution in [-0.2, 0) is 12.8 Å². The van der Waals surface area contributed by atoms with Crippen molar-refractivity contribution in [1.82, 2.24) is 9.97 Å². The SMILES string of the molecule is CCc1sc2nc(Cc3ccc(Cl)cc3Cl)[nH]c(=O)c2c1-c1cccc(OC)c1. The summed E-state index contributed by atoms with van der Waals surface area (Å²) < 4.78 is 5.35. The molecule has 0 amide bonds. The standard InChI is InChI=1S/C22H18Cl2N2O2S/c1-3-17-19(13-5-4-6-15(9-13)28-2)20-21(27)25-18(26-22(20)29-17)10-12-7-8-14(23)11-16(12)24/h4-9,11H,3,10H2,1-2H3,(H,25,26,27). The van der Waals surface area contributed by atoms with Gasteiger partial charge in [0, 0.05) is 26.9 Å². The Morgan fingerprint density at radius 2 is 2.00 bits per heavy atom. The number of aromatic amines is 1. The molecule has 0 saturated heterocycles. The number of fused-ring (bicyclic) bond motifs is 1. The highest BCUT2D eigenvalue weighted by atomic mass is 35.5. The van der Waals surface area contributed by atoms with Crippen LogP contribution in [0.3, 0.4) is 0 Å². The number of ether oxygens (including phenoxy) is 1. The smallest absolute Gasteiger partial charge is 0.260 e. The molecular formula is C22H18Cl2N2O2S. The highest BCUT2D eigenvalue weighted by Crippen LogP contribution is 2.37. The van der Waals surface area contributed by atoms with E-state index in [0.29, 0.717) is 27.7 Å². The summed E-state index contributed by atoms with van der Waals surface area (Å²) in [5.41, 5.74) is 2.59. The number of halogens is 2. The minimum atomic E-state index is -0.149. The average molecular weight is 445 g/mol. The molecule has 0 fully saturated rings. The van der Waals surface area contributed by atoms with E-state index in [-0.39, 0.29) is 5.56 Å². The first-order valence-electron chi connectivity index (χ1n) is 9.13. The third-order valence-corrected chi connectivity index (χ3v) is 6.55. The first kappa shape index (κ1) is 20.0. The number of aromatic nitrogens is 2. The Kier molecular flexibility index (Phi) is 5.63. The summed E-state index contributed by atoms with van der Waals surface area (Å²) in [6.07, 6.45) is 1.24. The van der Waals surface area contributed by atoms with Gasteiger partial charge >= 0.3 is 0 Å². The summed E-state index contributed by atoms with van der Waals surface area (Å²) in [4.78, 5) is 22.5. The largest absolute Gasteiger partial charge is 0.497 e. The van der Waals surface area contributed by atoms with Crippen molar-refractivity contribution >= 4 is 44.8 Å². The summed E-state index contributed by atoms with van der Waals surface area (Å²) in [6.45, 7) is 2.08. The molecule has 148 valence electrons. The van der Waals surface area contributed by atoms with E-state index in [1.807, 2.05) is 30.3 Å². The van der Waals surface area contributed by atoms with Gasteiger partial charge in [-0.15, -0.1) is 11.3 Å². The van der Waals surface area contributed by atoms with Crippen molar-refractivity contribution in [2.24, 2.45) is 0 Å². The molecule has 4 aromatic rings. The van der Waals surface area contributed by atoms with Gasteiger partial charge in [-0.25, -0.2) is 4.98 Å². The van der Waals surface area contributed by atoms with Gasteiger partial charge in [-0.05, 0) is 41.8 Å². The van der Waals surface area contributed by atoms with Crippen LogP contribution in [-0.4, -0.2) is 17.1 Å². The average Bonchev–Trinajstić information content (AvgIpc) is 3.09. The lowest BCUT2D eigenvalue weighted by Crippen LogP contribution is -2.12. The number of methoxy groups -OCH3 is 1. The Hall–Kier alpha value is -2.34. The second kappa shape index (κ2) is 8.19. The quantitative estimate of drug-likeness (QED) is 0.403. The predicted molar refractivity (Wildman–Crippen MR) is 121 cm³/mol. The maximum absolute atomic E-state index is 13.0. The molecule has 0 radical (unpaired) electrons. The fourth-order valence-electron chi connectivity index (χ4n) is 3.36. The van der Waals surface area contributed by atoms with E-state index in [1.165, 1.54) is 0 Å². The summed E-state index contributed by atoms with van der Waals surface area (Å²) in [5, 5.41) is 1.74. The fourth-order valence-corrected chi connectivity index (χ4v) is 4.99. The van der Waals surface area contributed by atoms with E-state index < -0.39 is 0 Å². The van der Waals surface area contributed by atoms with Gasteiger partial charge in [0.2, 0.25) is 0 Å². The molecule has 0 atom stereocenters. The van der Waals surface area contributed by atoms with Crippen LogP contribution in [0.4, 0.5) is 0 Å². The molecule has 0 saturated carbocycles. The number of nitrogens with one attached hydrogen (secondary N) is 1. The van der Waals surface area contributed by atoms with Crippen LogP contribution in [0.25, 0.3) is 21.3 Å². The molecule has 4 rings (SSSR count). The van der Waals surface area contributed by atoms with Gasteiger partial charge in [0.1, 0.15) is 16.4 Å². The molecule has 0 aliphatic rings. The summed E-state index contributed by atoms with van der Waals surface area (Å²) in [7, 11) is 1.63. The van der Waals surface area contributed by atoms with Gasteiger partial charge in [0.05, 0.1) is 12.5 Å². The molecule has 0 unspecified atom stereocenters. The normalized spacial score (nSPS) is 11.2. The molecule has 2 aromatic carbocycles. The number of rotatable bonds is 5. The van der Waals surface area contributed by atoms with E-state index in [4.69, 9.17) is 32.9 Å². The molecule has 0 spiro atoms. The molecule has 0 aliphatic heterocycles. The number of nitrogens with zero attached hydrogens (tertiary/aromatic N) is 1. The van der Waals surface area contributed by atoms with Gasteiger partial charge in [0.15, 0.2) is 0 Å². The minimum absolute atomic E-state index is 0.149. The van der Waals surface area contributed by atoms with Gasteiger partial charge in [0.25, 0.3) is 5.56 Å². The van der Waals surface area contributed by atoms with E-state index >= 15 is 0 Å². The molecule has 7 heteroatoms. The molecular weight excluding hydrogens is 427 g/mol. The number of hydrogen-bond donors (Lipinski definition) is 1. The Bertz CT molecular complexity index is 1260. The highest BCUT2D eigenvalue weighted by Gasteiger charge is 2.19. The van der Waals surface area contributed by atoms with E-state index in [2.05, 4.69) is 11.9 Å². The summed E-state index contributed by atoms with van der Waals surface area (Å²) >= 11 is 13.8. The Morgan fingerprint density at radius 3 is 2.72 bits per heavy atom. The number of H-pyrrole nitrogens is 1. The first-order chi connectivity index (χ1) is 14.0. The van der Waals surface area contributed by atoms with Crippen molar-refractivity contribution in [3.8, 4) is 16.9 Å². The second-order valence-electron chi connectivity index (χ2n) is 6.59. The zero-order valence-corrected chi connectivity index (χ0v) is 18.2. The molecule has 4 nitrogen and oxygen atoms in total. The monoisotopic (exact) mass is 444 g/mol. The third-order valence-electron chi connectivity index (χ3n) is 4.74. The summed E-state index contributed by atoms with van der Waals surface area (Å²) in [6, 6.07) is 13.1. The number of hydrogen-bond acceptors (Lipinski definition) is 4. The lowest BCUT2D eigenvalue weighted by atomic mass is 10.0. The van der Waals surface area contributed by atoms with Gasteiger partial charge in [-0.1, -0.05) is 48.3 Å². The molecule has 1 N–H and O–H groups in total. The maximum Gasteiger partial charge on any atom is 0.260 e. The van der Waals surface area contributed by atoms with Crippen molar-refractivity contribution in [2.45, 2.75) is 19.8 Å². The Labute approximate surface area is 182 Å². The van der Waals surface area contributed by atoms with Crippen LogP contribution in [0.2, 0.25) is 10.0 Å². The van der Waals surface area contributed by atoms with E-state index in [0.717, 1.165) is 38.6 Å². The number of benzene rings is 2. The van der Waals surface area contributed by atoms with Gasteiger partial charge in [-0.2, -0.15) is 0 Å². The lowest BCUT2D eigenvalue weighted by Gasteiger charge is -2.07. The lowest BCUT2D eigenvalue weighted by molar-refractivity contribution is 0.415. The van der Waals surface area contributed by atoms with Crippen LogP contribution in [0.15, 0.2) is 47.3 Å². The highest BCUT2D eigenvalue weighted by molar-refractivity contribution is 7.19. The van der Waals surface area contributed by atoms with Crippen LogP contribution in [0.1, 0.15) is 23.2 Å². The van der Waals surface area contributed by atoms with Crippen molar-refractivity contribution in [2.75, 3.05) is 7.11 Å². The van der Waals surface area contributed by atoms with Crippen molar-refractivity contribution in [3.63, 3.8) is 0 Å². The van der Waals surface area contributed by atoms with Crippen LogP contribution >= 0.6 is 34.5 Å². The Morgan fingerprint density at radius 1 is 1.17 bits per heavy atom. The number of thiophene rings is 1. The number of aryl methyl sites for hydroxylation is 1. The van der Waals surface area contributed by atoms with Crippen molar-refractivity contribution in [3.05, 3.63) is 79.1 Å². The van der Waals surface area contributed by atoms with Crippen LogP contribution < -0.4 is 10.3 Å². The summed E-state index contributed by atoms with van der Waals surface area (Å²) in [5.74, 6) is 1.33. The predicted octanol–water partition coefficient (Wildman–Crippen LogP) is 6.12. The van der Waals surface area contributed by atoms with Gasteiger partial charge in [-0.3, -0.25) is 4.79 Å². The molecule has 29 heavy (non-hydrogen) atoms. The van der Waals surface area contributed by atoms with Gasteiger partial charge < -0.3 is 9.72 Å². The topological polar surface area (TPSA) is 55.0 Å².